The maximum Gasteiger partial charge on any atom is 0.257 e. The van der Waals surface area contributed by atoms with Crippen molar-refractivity contribution < 1.29 is 19.1 Å². The number of ketones is 1. The Hall–Kier alpha value is -1.91. The molecule has 0 spiro atoms. The highest BCUT2D eigenvalue weighted by Gasteiger charge is 2.44. The highest BCUT2D eigenvalue weighted by Crippen LogP contribution is 2.43. The van der Waals surface area contributed by atoms with Gasteiger partial charge in [0, 0.05) is 31.0 Å². The predicted octanol–water partition coefficient (Wildman–Crippen LogP) is 1.43. The number of aromatic hydroxyl groups is 1. The number of amides is 1. The molecule has 1 N–H and O–H groups in total. The van der Waals surface area contributed by atoms with Gasteiger partial charge in [-0.2, -0.15) is 0 Å². The molecular weight excluding hydrogens is 237 g/mol. The summed E-state index contributed by atoms with van der Waals surface area (Å²) in [6.45, 7) is 0. The van der Waals surface area contributed by atoms with Crippen LogP contribution in [0.15, 0.2) is 12.1 Å². The predicted molar refractivity (Wildman–Crippen MR) is 60.9 cm³/mol. The van der Waals surface area contributed by atoms with Gasteiger partial charge in [0.05, 0.1) is 5.56 Å². The Morgan fingerprint density at radius 3 is 2.83 bits per heavy atom. The topological polar surface area (TPSA) is 57.6 Å². The van der Waals surface area contributed by atoms with E-state index in [0.717, 1.165) is 6.07 Å². The number of carbonyl (C=O) groups excluding carboxylic acids is 2. The number of hydrogen-bond acceptors (Lipinski definition) is 3. The molecule has 3 rings (SSSR count). The smallest absolute Gasteiger partial charge is 0.257 e. The Labute approximate surface area is 103 Å². The van der Waals surface area contributed by atoms with E-state index in [1.807, 2.05) is 0 Å². The first-order valence-electron chi connectivity index (χ1n) is 5.82. The molecule has 4 nitrogen and oxygen atoms in total. The summed E-state index contributed by atoms with van der Waals surface area (Å²) in [6, 6.07) is 2.07. The van der Waals surface area contributed by atoms with Crippen LogP contribution in [0.2, 0.25) is 0 Å². The van der Waals surface area contributed by atoms with Crippen molar-refractivity contribution in [3.8, 4) is 5.75 Å². The molecule has 0 radical (unpaired) electrons. The van der Waals surface area contributed by atoms with E-state index >= 15 is 0 Å². The normalized spacial score (nSPS) is 26.2. The largest absolute Gasteiger partial charge is 0.508 e. The van der Waals surface area contributed by atoms with E-state index in [9.17, 15) is 19.1 Å². The number of benzene rings is 1. The molecule has 0 saturated heterocycles. The van der Waals surface area contributed by atoms with Gasteiger partial charge in [0.15, 0.2) is 0 Å². The third-order valence-corrected chi connectivity index (χ3v) is 3.94. The van der Waals surface area contributed by atoms with Crippen molar-refractivity contribution in [2.45, 2.75) is 24.8 Å². The second-order valence-corrected chi connectivity index (χ2v) is 4.88. The third kappa shape index (κ3) is 1.30. The van der Waals surface area contributed by atoms with Crippen LogP contribution in [0, 0.1) is 5.82 Å². The summed E-state index contributed by atoms with van der Waals surface area (Å²) in [5.41, 5.74) is 0.00917. The van der Waals surface area contributed by atoms with Crippen LogP contribution in [0.3, 0.4) is 0 Å². The summed E-state index contributed by atoms with van der Waals surface area (Å²) < 4.78 is 13.8. The Balaban J connectivity index is 2.31. The molecule has 1 amide bonds. The maximum absolute atomic E-state index is 13.8. The molecule has 1 fully saturated rings. The number of phenols is 1. The van der Waals surface area contributed by atoms with Gasteiger partial charge in [-0.05, 0) is 18.6 Å². The van der Waals surface area contributed by atoms with Crippen molar-refractivity contribution >= 4 is 11.7 Å². The zero-order chi connectivity index (χ0) is 13.0. The molecule has 1 heterocycles. The van der Waals surface area contributed by atoms with E-state index in [1.165, 1.54) is 11.0 Å². The van der Waals surface area contributed by atoms with E-state index in [0.29, 0.717) is 6.42 Å². The number of Topliss-reactive ketones (excluding diaryl/α,β-unsaturated/α-hetero) is 1. The van der Waals surface area contributed by atoms with Crippen LogP contribution in [0.4, 0.5) is 4.39 Å². The molecule has 1 aliphatic heterocycles. The van der Waals surface area contributed by atoms with Crippen molar-refractivity contribution in [2.24, 2.45) is 0 Å². The lowest BCUT2D eigenvalue weighted by molar-refractivity contribution is -0.118. The van der Waals surface area contributed by atoms with Gasteiger partial charge >= 0.3 is 0 Å². The number of hydrogen-bond donors (Lipinski definition) is 1. The molecule has 2 unspecified atom stereocenters. The molecule has 2 bridgehead atoms. The lowest BCUT2D eigenvalue weighted by Gasteiger charge is -2.23. The first kappa shape index (κ1) is 11.2. The molecule has 2 aliphatic rings. The van der Waals surface area contributed by atoms with Crippen molar-refractivity contribution in [2.75, 3.05) is 7.05 Å². The standard InChI is InChI=1S/C13H12FNO3/c1-15-6-4-7(10(17)5-6)11-9(16)3-2-8(14)12(11)13(15)18/h2-3,6-7,16H,4-5H2,1H3. The zero-order valence-electron chi connectivity index (χ0n) is 9.81. The number of carbonyl (C=O) groups is 2. The Morgan fingerprint density at radius 1 is 1.39 bits per heavy atom. The monoisotopic (exact) mass is 249 g/mol. The molecule has 18 heavy (non-hydrogen) atoms. The number of rotatable bonds is 0. The molecule has 94 valence electrons. The molecule has 1 aliphatic carbocycles. The molecule has 1 aromatic carbocycles. The average Bonchev–Trinajstić information content (AvgIpc) is 2.67. The van der Waals surface area contributed by atoms with Crippen LogP contribution >= 0.6 is 0 Å². The number of halogens is 1. The number of fused-ring (bicyclic) bond motifs is 4. The first-order chi connectivity index (χ1) is 8.50. The van der Waals surface area contributed by atoms with Crippen molar-refractivity contribution in [1.82, 2.24) is 4.90 Å². The van der Waals surface area contributed by atoms with E-state index in [1.54, 1.807) is 7.05 Å². The van der Waals surface area contributed by atoms with E-state index in [-0.39, 0.29) is 35.1 Å². The van der Waals surface area contributed by atoms with Crippen LogP contribution in [0.1, 0.15) is 34.7 Å². The van der Waals surface area contributed by atoms with Crippen molar-refractivity contribution in [3.05, 3.63) is 29.1 Å². The Bertz CT molecular complexity index is 570. The molecular formula is C13H12FNO3. The summed E-state index contributed by atoms with van der Waals surface area (Å²) in [5.74, 6) is -1.91. The SMILES string of the molecule is CN1C(=O)c2c(F)ccc(O)c2C2CC1CC2=O. The minimum atomic E-state index is -0.681. The quantitative estimate of drug-likeness (QED) is 0.756. The fraction of sp³-hybridized carbons (Fsp3) is 0.385. The Kier molecular flexibility index (Phi) is 2.20. The fourth-order valence-corrected chi connectivity index (χ4v) is 2.93. The van der Waals surface area contributed by atoms with Gasteiger partial charge < -0.3 is 10.0 Å². The molecule has 1 aromatic rings. The van der Waals surface area contributed by atoms with E-state index < -0.39 is 17.6 Å². The van der Waals surface area contributed by atoms with Crippen molar-refractivity contribution in [1.29, 1.82) is 0 Å². The molecule has 5 heteroatoms. The zero-order valence-corrected chi connectivity index (χ0v) is 9.81. The lowest BCUT2D eigenvalue weighted by Crippen LogP contribution is -2.35. The van der Waals surface area contributed by atoms with Gasteiger partial charge in [-0.25, -0.2) is 4.39 Å². The number of phenolic OH excluding ortho intramolecular Hbond substituents is 1. The highest BCUT2D eigenvalue weighted by molar-refractivity contribution is 6.02. The summed E-state index contributed by atoms with van der Waals surface area (Å²) in [4.78, 5) is 25.5. The summed E-state index contributed by atoms with van der Waals surface area (Å²) >= 11 is 0. The van der Waals surface area contributed by atoms with E-state index in [4.69, 9.17) is 0 Å². The minimum absolute atomic E-state index is 0.0403. The minimum Gasteiger partial charge on any atom is -0.508 e. The average molecular weight is 249 g/mol. The fourth-order valence-electron chi connectivity index (χ4n) is 2.93. The van der Waals surface area contributed by atoms with Crippen molar-refractivity contribution in [3.63, 3.8) is 0 Å². The van der Waals surface area contributed by atoms with Gasteiger partial charge in [-0.15, -0.1) is 0 Å². The van der Waals surface area contributed by atoms with Crippen LogP contribution in [0.25, 0.3) is 0 Å². The lowest BCUT2D eigenvalue weighted by atomic mass is 9.91. The maximum atomic E-state index is 13.8. The van der Waals surface area contributed by atoms with Gasteiger partial charge in [-0.1, -0.05) is 0 Å². The third-order valence-electron chi connectivity index (χ3n) is 3.94. The molecule has 1 saturated carbocycles. The molecule has 2 atom stereocenters. The van der Waals surface area contributed by atoms with E-state index in [2.05, 4.69) is 0 Å². The second-order valence-electron chi connectivity index (χ2n) is 4.88. The summed E-state index contributed by atoms with van der Waals surface area (Å²) in [6.07, 6.45) is 0.743. The highest BCUT2D eigenvalue weighted by atomic mass is 19.1. The summed E-state index contributed by atoms with van der Waals surface area (Å²) in [5, 5.41) is 9.86. The Morgan fingerprint density at radius 2 is 2.11 bits per heavy atom. The van der Waals surface area contributed by atoms with Crippen LogP contribution in [-0.4, -0.2) is 34.8 Å². The van der Waals surface area contributed by atoms with Gasteiger partial charge in [0.25, 0.3) is 5.91 Å². The first-order valence-corrected chi connectivity index (χ1v) is 5.82. The van der Waals surface area contributed by atoms with Gasteiger partial charge in [0.1, 0.15) is 17.3 Å². The summed E-state index contributed by atoms with van der Waals surface area (Å²) in [7, 11) is 1.57. The van der Waals surface area contributed by atoms with Crippen LogP contribution in [-0.2, 0) is 4.79 Å². The van der Waals surface area contributed by atoms with Crippen LogP contribution in [0.5, 0.6) is 5.75 Å². The second kappa shape index (κ2) is 3.54. The number of nitrogens with zero attached hydrogens (tertiary/aromatic N) is 1. The van der Waals surface area contributed by atoms with Crippen LogP contribution < -0.4 is 0 Å². The molecule has 0 aromatic heterocycles. The van der Waals surface area contributed by atoms with Gasteiger partial charge in [-0.3, -0.25) is 9.59 Å². The van der Waals surface area contributed by atoms with Gasteiger partial charge in [0.2, 0.25) is 0 Å².